The van der Waals surface area contributed by atoms with Crippen molar-refractivity contribution in [2.45, 2.75) is 19.3 Å². The quantitative estimate of drug-likeness (QED) is 0.663. The molecule has 0 aliphatic rings. The molecule has 0 aromatic carbocycles. The van der Waals surface area contributed by atoms with Gasteiger partial charge in [0.2, 0.25) is 0 Å². The van der Waals surface area contributed by atoms with Crippen LogP contribution in [0.4, 0.5) is 0 Å². The minimum atomic E-state index is 0.415. The average Bonchev–Trinajstić information content (AvgIpc) is 2.43. The zero-order valence-electron chi connectivity index (χ0n) is 7.25. The number of hydrogen-bond donors (Lipinski definition) is 0. The largest absolute Gasteiger partial charge is 0.383 e. The van der Waals surface area contributed by atoms with E-state index in [1.54, 1.807) is 11.8 Å². The second-order valence-electron chi connectivity index (χ2n) is 2.47. The summed E-state index contributed by atoms with van der Waals surface area (Å²) >= 11 is 5.63. The van der Waals surface area contributed by atoms with Crippen LogP contribution >= 0.6 is 11.6 Å². The fourth-order valence-corrected chi connectivity index (χ4v) is 1.16. The number of aromatic nitrogens is 3. The number of hydrogen-bond acceptors (Lipinski definition) is 3. The van der Waals surface area contributed by atoms with Crippen molar-refractivity contribution in [3.63, 3.8) is 0 Å². The molecule has 12 heavy (non-hydrogen) atoms. The molecule has 0 fully saturated rings. The third-order valence-corrected chi connectivity index (χ3v) is 1.97. The van der Waals surface area contributed by atoms with Gasteiger partial charge in [0, 0.05) is 7.11 Å². The van der Waals surface area contributed by atoms with Crippen LogP contribution in [0.15, 0.2) is 0 Å². The van der Waals surface area contributed by atoms with E-state index >= 15 is 0 Å². The van der Waals surface area contributed by atoms with Gasteiger partial charge >= 0.3 is 0 Å². The van der Waals surface area contributed by atoms with Gasteiger partial charge in [0.15, 0.2) is 0 Å². The van der Waals surface area contributed by atoms with Crippen molar-refractivity contribution < 1.29 is 4.74 Å². The number of methoxy groups -OCH3 is 1. The predicted octanol–water partition coefficient (Wildman–Crippen LogP) is 0.972. The Hall–Kier alpha value is -0.610. The summed E-state index contributed by atoms with van der Waals surface area (Å²) in [6.07, 6.45) is 0. The normalized spacial score (nSPS) is 10.6. The van der Waals surface area contributed by atoms with Crippen molar-refractivity contribution in [3.05, 3.63) is 11.4 Å². The van der Waals surface area contributed by atoms with E-state index in [9.17, 15) is 0 Å². The molecule has 0 N–H and O–H groups in total. The summed E-state index contributed by atoms with van der Waals surface area (Å²) in [5.74, 6) is 0.415. The van der Waals surface area contributed by atoms with Crippen LogP contribution in [0.3, 0.4) is 0 Å². The molecule has 0 amide bonds. The highest BCUT2D eigenvalue weighted by Gasteiger charge is 2.05. The van der Waals surface area contributed by atoms with Gasteiger partial charge in [0.05, 0.1) is 24.7 Å². The fourth-order valence-electron chi connectivity index (χ4n) is 0.910. The minimum absolute atomic E-state index is 0.415. The third-order valence-electron chi connectivity index (χ3n) is 1.71. The predicted molar refractivity (Wildman–Crippen MR) is 46.2 cm³/mol. The molecule has 0 radical (unpaired) electrons. The Morgan fingerprint density at radius 2 is 2.33 bits per heavy atom. The molecule has 0 saturated carbocycles. The molecule has 0 unspecified atom stereocenters. The van der Waals surface area contributed by atoms with Gasteiger partial charge in [-0.05, 0) is 6.92 Å². The van der Waals surface area contributed by atoms with Gasteiger partial charge in [-0.15, -0.1) is 16.7 Å². The first-order chi connectivity index (χ1) is 5.79. The van der Waals surface area contributed by atoms with Crippen molar-refractivity contribution in [1.29, 1.82) is 0 Å². The molecule has 0 bridgehead atoms. The zero-order chi connectivity index (χ0) is 8.97. The van der Waals surface area contributed by atoms with E-state index in [2.05, 4.69) is 10.3 Å². The summed E-state index contributed by atoms with van der Waals surface area (Å²) < 4.78 is 6.71. The van der Waals surface area contributed by atoms with E-state index < -0.39 is 0 Å². The van der Waals surface area contributed by atoms with Crippen LogP contribution in [0.1, 0.15) is 11.4 Å². The number of halogens is 1. The summed E-state index contributed by atoms with van der Waals surface area (Å²) in [4.78, 5) is 0. The molecule has 5 heteroatoms. The third kappa shape index (κ3) is 1.95. The Morgan fingerprint density at radius 1 is 1.58 bits per heavy atom. The van der Waals surface area contributed by atoms with Gasteiger partial charge in [-0.2, -0.15) is 0 Å². The first-order valence-corrected chi connectivity index (χ1v) is 4.27. The Bertz CT molecular complexity index is 249. The molecule has 0 spiro atoms. The van der Waals surface area contributed by atoms with Crippen molar-refractivity contribution in [1.82, 2.24) is 15.0 Å². The molecule has 0 atom stereocenters. The van der Waals surface area contributed by atoms with Crippen molar-refractivity contribution in [2.24, 2.45) is 0 Å². The number of rotatable bonds is 4. The lowest BCUT2D eigenvalue weighted by Crippen LogP contribution is -2.07. The molecule has 0 saturated heterocycles. The van der Waals surface area contributed by atoms with Crippen LogP contribution in [-0.4, -0.2) is 28.7 Å². The molecule has 1 aromatic heterocycles. The maximum atomic E-state index is 5.63. The molecule has 1 aromatic rings. The van der Waals surface area contributed by atoms with Crippen LogP contribution in [0.25, 0.3) is 0 Å². The van der Waals surface area contributed by atoms with Gasteiger partial charge in [-0.3, -0.25) is 0 Å². The fraction of sp³-hybridized carbons (Fsp3) is 0.714. The van der Waals surface area contributed by atoms with Crippen molar-refractivity contribution >= 4 is 11.6 Å². The summed E-state index contributed by atoms with van der Waals surface area (Å²) in [6, 6.07) is 0. The Balaban J connectivity index is 2.66. The second kappa shape index (κ2) is 4.42. The summed E-state index contributed by atoms with van der Waals surface area (Å²) in [5.41, 5.74) is 1.86. The molecule has 1 heterocycles. The lowest BCUT2D eigenvalue weighted by molar-refractivity contribution is 0.182. The molecular formula is C7H12ClN3O. The Labute approximate surface area is 76.5 Å². The molecule has 4 nitrogen and oxygen atoms in total. The van der Waals surface area contributed by atoms with Crippen LogP contribution in [0.5, 0.6) is 0 Å². The van der Waals surface area contributed by atoms with E-state index in [4.69, 9.17) is 16.3 Å². The maximum absolute atomic E-state index is 5.63. The molecule has 0 aliphatic heterocycles. The summed E-state index contributed by atoms with van der Waals surface area (Å²) in [5, 5.41) is 7.84. The minimum Gasteiger partial charge on any atom is -0.383 e. The van der Waals surface area contributed by atoms with E-state index in [1.165, 1.54) is 0 Å². The average molecular weight is 190 g/mol. The van der Waals surface area contributed by atoms with Gasteiger partial charge in [-0.1, -0.05) is 5.21 Å². The highest BCUT2D eigenvalue weighted by molar-refractivity contribution is 6.16. The first-order valence-electron chi connectivity index (χ1n) is 3.73. The molecule has 1 rings (SSSR count). The Morgan fingerprint density at radius 3 is 2.83 bits per heavy atom. The van der Waals surface area contributed by atoms with Crippen LogP contribution in [-0.2, 0) is 17.2 Å². The number of nitrogens with zero attached hydrogens (tertiary/aromatic N) is 3. The lowest BCUT2D eigenvalue weighted by atomic mass is 10.4. The first kappa shape index (κ1) is 9.48. The SMILES string of the molecule is COCCn1nnc(CCl)c1C. The zero-order valence-corrected chi connectivity index (χ0v) is 8.01. The molecule has 68 valence electrons. The number of alkyl halides is 1. The van der Waals surface area contributed by atoms with Gasteiger partial charge in [-0.25, -0.2) is 4.68 Å². The van der Waals surface area contributed by atoms with E-state index in [0.29, 0.717) is 12.5 Å². The van der Waals surface area contributed by atoms with Gasteiger partial charge in [0.1, 0.15) is 5.69 Å². The smallest absolute Gasteiger partial charge is 0.100 e. The van der Waals surface area contributed by atoms with Crippen molar-refractivity contribution in [2.75, 3.05) is 13.7 Å². The number of ether oxygens (including phenoxy) is 1. The van der Waals surface area contributed by atoms with Crippen LogP contribution in [0, 0.1) is 6.92 Å². The standard InChI is InChI=1S/C7H12ClN3O/c1-6-7(5-8)9-10-11(6)3-4-12-2/h3-5H2,1-2H3. The molecule has 0 aliphatic carbocycles. The second-order valence-corrected chi connectivity index (χ2v) is 2.74. The van der Waals surface area contributed by atoms with Gasteiger partial charge < -0.3 is 4.74 Å². The highest BCUT2D eigenvalue weighted by Crippen LogP contribution is 2.05. The van der Waals surface area contributed by atoms with E-state index in [-0.39, 0.29) is 0 Å². The Kier molecular flexibility index (Phi) is 3.49. The highest BCUT2D eigenvalue weighted by atomic mass is 35.5. The molecular weight excluding hydrogens is 178 g/mol. The van der Waals surface area contributed by atoms with Gasteiger partial charge in [0.25, 0.3) is 0 Å². The maximum Gasteiger partial charge on any atom is 0.100 e. The van der Waals surface area contributed by atoms with Crippen LogP contribution in [0.2, 0.25) is 0 Å². The summed E-state index contributed by atoms with van der Waals surface area (Å²) in [6.45, 7) is 3.32. The van der Waals surface area contributed by atoms with Crippen molar-refractivity contribution in [3.8, 4) is 0 Å². The van der Waals surface area contributed by atoms with E-state index in [1.807, 2.05) is 6.92 Å². The lowest BCUT2D eigenvalue weighted by Gasteiger charge is -2.00. The summed E-state index contributed by atoms with van der Waals surface area (Å²) in [7, 11) is 1.66. The monoisotopic (exact) mass is 189 g/mol. The van der Waals surface area contributed by atoms with E-state index in [0.717, 1.165) is 17.9 Å². The van der Waals surface area contributed by atoms with Crippen LogP contribution < -0.4 is 0 Å². The topological polar surface area (TPSA) is 39.9 Å².